The molecule has 2 amide bonds. The van der Waals surface area contributed by atoms with Gasteiger partial charge in [-0.25, -0.2) is 16.8 Å². The number of nitrogens with zero attached hydrogens (tertiary/aromatic N) is 2. The van der Waals surface area contributed by atoms with Crippen LogP contribution in [0.15, 0.2) is 113 Å². The maximum atomic E-state index is 14.1. The van der Waals surface area contributed by atoms with Crippen molar-refractivity contribution in [2.24, 2.45) is 0 Å². The van der Waals surface area contributed by atoms with E-state index in [2.05, 4.69) is 0 Å². The third kappa shape index (κ3) is 5.46. The molecule has 0 saturated heterocycles. The Hall–Kier alpha value is -4.12. The average Bonchev–Trinajstić information content (AvgIpc) is 3.21. The molecule has 0 saturated carbocycles. The van der Waals surface area contributed by atoms with Crippen LogP contribution in [0, 0.1) is 13.8 Å². The topological polar surface area (TPSA) is 109 Å². The molecule has 5 rings (SSSR count). The van der Waals surface area contributed by atoms with Crippen molar-refractivity contribution in [3.8, 4) is 0 Å². The molecular formula is C31H28N2O6S2. The van der Waals surface area contributed by atoms with Gasteiger partial charge in [0.1, 0.15) is 0 Å². The van der Waals surface area contributed by atoms with Crippen molar-refractivity contribution in [1.29, 1.82) is 0 Å². The van der Waals surface area contributed by atoms with Gasteiger partial charge in [0.2, 0.25) is 0 Å². The number of sulfonamides is 2. The maximum Gasteiger partial charge on any atom is 0.261 e. The van der Waals surface area contributed by atoms with Gasteiger partial charge in [0.15, 0.2) is 0 Å². The SMILES string of the molecule is Cc1ccc(S(=O)(=O)N(CC(Cc2ccccc2)N2C(=O)c3ccccc3C2=O)S(=O)(=O)c2ccc(C)cc2)cc1. The lowest BCUT2D eigenvalue weighted by atomic mass is 10.0. The Bertz CT molecular complexity index is 1710. The fourth-order valence-electron chi connectivity index (χ4n) is 4.82. The van der Waals surface area contributed by atoms with Gasteiger partial charge >= 0.3 is 0 Å². The lowest BCUT2D eigenvalue weighted by molar-refractivity contribution is 0.0575. The molecule has 1 heterocycles. The number of amides is 2. The van der Waals surface area contributed by atoms with E-state index in [0.29, 0.717) is 9.27 Å². The van der Waals surface area contributed by atoms with E-state index in [-0.39, 0.29) is 27.3 Å². The van der Waals surface area contributed by atoms with Crippen molar-refractivity contribution in [3.63, 3.8) is 0 Å². The molecule has 1 aliphatic rings. The Balaban J connectivity index is 1.65. The number of carbonyl (C=O) groups is 2. The molecule has 4 aromatic carbocycles. The molecule has 10 heteroatoms. The number of fused-ring (bicyclic) bond motifs is 1. The third-order valence-electron chi connectivity index (χ3n) is 7.04. The zero-order chi connectivity index (χ0) is 29.4. The summed E-state index contributed by atoms with van der Waals surface area (Å²) in [5, 5.41) is 0. The smallest absolute Gasteiger partial charge is 0.261 e. The first-order chi connectivity index (χ1) is 19.5. The predicted octanol–water partition coefficient (Wildman–Crippen LogP) is 4.59. The predicted molar refractivity (Wildman–Crippen MR) is 154 cm³/mol. The van der Waals surface area contributed by atoms with Gasteiger partial charge < -0.3 is 0 Å². The van der Waals surface area contributed by atoms with Crippen LogP contribution in [0.3, 0.4) is 0 Å². The van der Waals surface area contributed by atoms with Crippen molar-refractivity contribution in [2.45, 2.75) is 36.1 Å². The minimum Gasteiger partial charge on any atom is -0.270 e. The van der Waals surface area contributed by atoms with E-state index in [1.165, 1.54) is 36.4 Å². The van der Waals surface area contributed by atoms with E-state index in [9.17, 15) is 26.4 Å². The molecular weight excluding hydrogens is 560 g/mol. The molecule has 0 fully saturated rings. The number of hydrogen-bond donors (Lipinski definition) is 0. The molecule has 0 spiro atoms. The van der Waals surface area contributed by atoms with Crippen molar-refractivity contribution < 1.29 is 26.4 Å². The summed E-state index contributed by atoms with van der Waals surface area (Å²) < 4.78 is 56.7. The number of carbonyl (C=O) groups excluding carboxylic acids is 2. The van der Waals surface area contributed by atoms with Crippen molar-refractivity contribution in [3.05, 3.63) is 131 Å². The number of rotatable bonds is 9. The highest BCUT2D eigenvalue weighted by molar-refractivity contribution is 8.04. The Labute approximate surface area is 240 Å². The molecule has 8 nitrogen and oxygen atoms in total. The maximum absolute atomic E-state index is 14.1. The van der Waals surface area contributed by atoms with Gasteiger partial charge in [-0.05, 0) is 62.2 Å². The summed E-state index contributed by atoms with van der Waals surface area (Å²) in [4.78, 5) is 27.6. The van der Waals surface area contributed by atoms with Gasteiger partial charge in [0, 0.05) is 0 Å². The normalized spacial score (nSPS) is 14.4. The van der Waals surface area contributed by atoms with Crippen molar-refractivity contribution in [2.75, 3.05) is 6.54 Å². The minimum atomic E-state index is -4.66. The summed E-state index contributed by atoms with van der Waals surface area (Å²) in [5.41, 5.74) is 2.67. The van der Waals surface area contributed by atoms with E-state index in [1.54, 1.807) is 80.6 Å². The number of imide groups is 1. The lowest BCUT2D eigenvalue weighted by Gasteiger charge is -2.31. The van der Waals surface area contributed by atoms with Crippen LogP contribution in [0.5, 0.6) is 0 Å². The number of benzene rings is 4. The molecule has 0 radical (unpaired) electrons. The van der Waals surface area contributed by atoms with Gasteiger partial charge in [-0.15, -0.1) is 0 Å². The summed E-state index contributed by atoms with van der Waals surface area (Å²) in [5.74, 6) is -1.21. The lowest BCUT2D eigenvalue weighted by Crippen LogP contribution is -2.51. The molecule has 1 atom stereocenters. The average molecular weight is 589 g/mol. The van der Waals surface area contributed by atoms with Gasteiger partial charge in [-0.1, -0.05) is 81.6 Å². The highest BCUT2D eigenvalue weighted by Crippen LogP contribution is 2.30. The summed E-state index contributed by atoms with van der Waals surface area (Å²) in [6.45, 7) is 2.90. The van der Waals surface area contributed by atoms with Crippen LogP contribution in [0.4, 0.5) is 0 Å². The Kier molecular flexibility index (Phi) is 7.65. The molecule has 4 aromatic rings. The molecule has 1 aliphatic heterocycles. The van der Waals surface area contributed by atoms with E-state index >= 15 is 0 Å². The second-order valence-corrected chi connectivity index (χ2v) is 13.9. The first kappa shape index (κ1) is 28.4. The fraction of sp³-hybridized carbons (Fsp3) is 0.161. The van der Waals surface area contributed by atoms with Crippen LogP contribution in [0.2, 0.25) is 0 Å². The zero-order valence-corrected chi connectivity index (χ0v) is 24.1. The van der Waals surface area contributed by atoms with Gasteiger partial charge in [-0.3, -0.25) is 14.5 Å². The van der Waals surface area contributed by atoms with E-state index in [4.69, 9.17) is 0 Å². The minimum absolute atomic E-state index is 0.0373. The van der Waals surface area contributed by atoms with Crippen LogP contribution >= 0.6 is 0 Å². The molecule has 41 heavy (non-hydrogen) atoms. The zero-order valence-electron chi connectivity index (χ0n) is 22.5. The Morgan fingerprint density at radius 3 is 1.46 bits per heavy atom. The monoisotopic (exact) mass is 588 g/mol. The first-order valence-corrected chi connectivity index (χ1v) is 15.8. The van der Waals surface area contributed by atoms with Gasteiger partial charge in [0.05, 0.1) is 33.5 Å². The quantitative estimate of drug-likeness (QED) is 0.265. The van der Waals surface area contributed by atoms with Gasteiger partial charge in [-0.2, -0.15) is 0 Å². The highest BCUT2D eigenvalue weighted by Gasteiger charge is 2.45. The standard InChI is InChI=1S/C31H28N2O6S2/c1-22-12-16-26(17-13-22)40(36,37)32(41(38,39)27-18-14-23(2)15-19-27)21-25(20-24-8-4-3-5-9-24)33-30(34)28-10-6-7-11-29(28)31(33)35/h3-19,25H,20-21H2,1-2H3. The van der Waals surface area contributed by atoms with Crippen LogP contribution in [0.25, 0.3) is 0 Å². The molecule has 0 aromatic heterocycles. The molecule has 0 aliphatic carbocycles. The summed E-state index contributed by atoms with van der Waals surface area (Å²) in [7, 11) is -9.31. The first-order valence-electron chi connectivity index (χ1n) is 12.9. The van der Waals surface area contributed by atoms with Crippen molar-refractivity contribution >= 4 is 31.9 Å². The number of aryl methyl sites for hydroxylation is 2. The highest BCUT2D eigenvalue weighted by atomic mass is 32.3. The molecule has 210 valence electrons. The van der Waals surface area contributed by atoms with Crippen LogP contribution in [-0.4, -0.2) is 49.8 Å². The second-order valence-electron chi connectivity index (χ2n) is 9.96. The second kappa shape index (κ2) is 11.0. The van der Waals surface area contributed by atoms with E-state index < -0.39 is 44.4 Å². The molecule has 0 N–H and O–H groups in total. The van der Waals surface area contributed by atoms with Crippen LogP contribution in [0.1, 0.15) is 37.4 Å². The van der Waals surface area contributed by atoms with E-state index in [1.807, 2.05) is 0 Å². The van der Waals surface area contributed by atoms with Crippen molar-refractivity contribution in [1.82, 2.24) is 8.61 Å². The third-order valence-corrected chi connectivity index (χ3v) is 11.3. The van der Waals surface area contributed by atoms with Crippen LogP contribution < -0.4 is 0 Å². The largest absolute Gasteiger partial charge is 0.270 e. The van der Waals surface area contributed by atoms with Crippen LogP contribution in [-0.2, 0) is 26.5 Å². The summed E-state index contributed by atoms with van der Waals surface area (Å²) in [6, 6.07) is 25.8. The van der Waals surface area contributed by atoms with E-state index in [0.717, 1.165) is 16.0 Å². The Morgan fingerprint density at radius 2 is 1.02 bits per heavy atom. The molecule has 1 unspecified atom stereocenters. The van der Waals surface area contributed by atoms with Gasteiger partial charge in [0.25, 0.3) is 31.9 Å². The molecule has 0 bridgehead atoms. The fourth-order valence-corrected chi connectivity index (χ4v) is 8.53. The summed E-state index contributed by atoms with van der Waals surface area (Å²) in [6.07, 6.45) is 0.0373. The Morgan fingerprint density at radius 1 is 0.610 bits per heavy atom. The number of hydrogen-bond acceptors (Lipinski definition) is 6. The summed E-state index contributed by atoms with van der Waals surface area (Å²) >= 11 is 0.